The van der Waals surface area contributed by atoms with Gasteiger partial charge in [0.25, 0.3) is 0 Å². The van der Waals surface area contributed by atoms with E-state index >= 15 is 0 Å². The average molecular weight is 280 g/mol. The molecule has 2 rings (SSSR count). The van der Waals surface area contributed by atoms with E-state index in [1.54, 1.807) is 6.07 Å². The van der Waals surface area contributed by atoms with Crippen molar-refractivity contribution in [2.75, 3.05) is 5.32 Å². The monoisotopic (exact) mass is 279 g/mol. The van der Waals surface area contributed by atoms with Crippen LogP contribution in [-0.2, 0) is 0 Å². The van der Waals surface area contributed by atoms with Gasteiger partial charge in [-0.3, -0.25) is 0 Å². The molecule has 0 bridgehead atoms. The largest absolute Gasteiger partial charge is 0.378 e. The van der Waals surface area contributed by atoms with Crippen LogP contribution in [-0.4, -0.2) is 0 Å². The van der Waals surface area contributed by atoms with E-state index in [4.69, 9.17) is 23.2 Å². The third kappa shape index (κ3) is 3.18. The topological polar surface area (TPSA) is 12.0 Å². The first-order chi connectivity index (χ1) is 8.56. The molecule has 1 N–H and O–H groups in total. The summed E-state index contributed by atoms with van der Waals surface area (Å²) in [5, 5.41) is 4.84. The summed E-state index contributed by atoms with van der Waals surface area (Å²) in [6.45, 7) is 4.14. The van der Waals surface area contributed by atoms with E-state index in [0.29, 0.717) is 5.02 Å². The van der Waals surface area contributed by atoms with E-state index in [2.05, 4.69) is 43.4 Å². The summed E-state index contributed by atoms with van der Waals surface area (Å²) in [4.78, 5) is 0. The summed E-state index contributed by atoms with van der Waals surface area (Å²) in [6.07, 6.45) is 0. The number of nitrogens with one attached hydrogen (secondary N) is 1. The van der Waals surface area contributed by atoms with Crippen molar-refractivity contribution in [1.29, 1.82) is 0 Å². The van der Waals surface area contributed by atoms with Crippen molar-refractivity contribution in [2.45, 2.75) is 19.9 Å². The van der Waals surface area contributed by atoms with Gasteiger partial charge in [0, 0.05) is 15.7 Å². The second-order valence-electron chi connectivity index (χ2n) is 4.40. The van der Waals surface area contributed by atoms with E-state index < -0.39 is 0 Å². The molecule has 1 unspecified atom stereocenters. The molecule has 0 saturated carbocycles. The Morgan fingerprint density at radius 2 is 1.67 bits per heavy atom. The van der Waals surface area contributed by atoms with Gasteiger partial charge in [0.2, 0.25) is 0 Å². The lowest BCUT2D eigenvalue weighted by molar-refractivity contribution is 0.885. The van der Waals surface area contributed by atoms with Gasteiger partial charge < -0.3 is 5.32 Å². The van der Waals surface area contributed by atoms with Crippen LogP contribution in [0.2, 0.25) is 10.0 Å². The quantitative estimate of drug-likeness (QED) is 0.785. The van der Waals surface area contributed by atoms with E-state index in [9.17, 15) is 0 Å². The van der Waals surface area contributed by atoms with Crippen molar-refractivity contribution in [3.05, 3.63) is 63.6 Å². The lowest BCUT2D eigenvalue weighted by Gasteiger charge is -2.17. The predicted octanol–water partition coefficient (Wildman–Crippen LogP) is 5.47. The van der Waals surface area contributed by atoms with Crippen LogP contribution in [0.1, 0.15) is 24.1 Å². The minimum absolute atomic E-state index is 0.110. The summed E-state index contributed by atoms with van der Waals surface area (Å²) in [7, 11) is 0. The van der Waals surface area contributed by atoms with Crippen LogP contribution in [0.4, 0.5) is 5.69 Å². The molecule has 0 radical (unpaired) electrons. The number of halogens is 2. The zero-order valence-corrected chi connectivity index (χ0v) is 11.9. The number of hydrogen-bond donors (Lipinski definition) is 1. The molecule has 0 saturated heterocycles. The Labute approximate surface area is 118 Å². The molecule has 0 spiro atoms. The molecule has 94 valence electrons. The van der Waals surface area contributed by atoms with E-state index in [1.807, 2.05) is 12.1 Å². The average Bonchev–Trinajstić information content (AvgIpc) is 2.35. The van der Waals surface area contributed by atoms with Crippen LogP contribution in [0.3, 0.4) is 0 Å². The molecule has 0 fully saturated rings. The Morgan fingerprint density at radius 1 is 1.00 bits per heavy atom. The molecule has 1 nitrogen and oxygen atoms in total. The number of anilines is 1. The fourth-order valence-electron chi connectivity index (χ4n) is 1.82. The molecule has 0 aliphatic carbocycles. The smallest absolute Gasteiger partial charge is 0.0500 e. The Balaban J connectivity index is 2.18. The van der Waals surface area contributed by atoms with Gasteiger partial charge in [0.1, 0.15) is 0 Å². The van der Waals surface area contributed by atoms with Crippen LogP contribution < -0.4 is 5.32 Å². The van der Waals surface area contributed by atoms with Crippen molar-refractivity contribution in [3.8, 4) is 0 Å². The standard InChI is InChI=1S/C15H15Cl2N/c1-10-3-6-13(7-4-10)18-11(2)14-9-12(16)5-8-15(14)17/h3-9,11,18H,1-2H3. The minimum Gasteiger partial charge on any atom is -0.378 e. The Morgan fingerprint density at radius 3 is 2.33 bits per heavy atom. The Bertz CT molecular complexity index is 535. The van der Waals surface area contributed by atoms with Crippen molar-refractivity contribution in [3.63, 3.8) is 0 Å². The maximum absolute atomic E-state index is 6.18. The molecule has 0 aromatic heterocycles. The number of aryl methyl sites for hydroxylation is 1. The third-order valence-electron chi connectivity index (χ3n) is 2.86. The molecule has 0 aliphatic rings. The highest BCUT2D eigenvalue weighted by molar-refractivity contribution is 6.33. The van der Waals surface area contributed by atoms with Gasteiger partial charge in [-0.25, -0.2) is 0 Å². The first-order valence-corrected chi connectivity index (χ1v) is 6.60. The summed E-state index contributed by atoms with van der Waals surface area (Å²) in [5.74, 6) is 0. The van der Waals surface area contributed by atoms with Gasteiger partial charge in [-0.1, -0.05) is 40.9 Å². The maximum Gasteiger partial charge on any atom is 0.0500 e. The first-order valence-electron chi connectivity index (χ1n) is 5.84. The molecular formula is C15H15Cl2N. The molecular weight excluding hydrogens is 265 g/mol. The van der Waals surface area contributed by atoms with E-state index in [0.717, 1.165) is 16.3 Å². The summed E-state index contributed by atoms with van der Waals surface area (Å²) in [6, 6.07) is 13.9. The zero-order chi connectivity index (χ0) is 13.1. The van der Waals surface area contributed by atoms with Gasteiger partial charge in [0.05, 0.1) is 6.04 Å². The van der Waals surface area contributed by atoms with Crippen LogP contribution >= 0.6 is 23.2 Å². The second kappa shape index (κ2) is 5.64. The van der Waals surface area contributed by atoms with Crippen LogP contribution in [0, 0.1) is 6.92 Å². The number of benzene rings is 2. The second-order valence-corrected chi connectivity index (χ2v) is 5.24. The van der Waals surface area contributed by atoms with E-state index in [-0.39, 0.29) is 6.04 Å². The van der Waals surface area contributed by atoms with Gasteiger partial charge in [-0.15, -0.1) is 0 Å². The summed E-state index contributed by atoms with van der Waals surface area (Å²) in [5.41, 5.74) is 3.32. The van der Waals surface area contributed by atoms with Gasteiger partial charge in [-0.05, 0) is 49.7 Å². The predicted molar refractivity (Wildman–Crippen MR) is 79.7 cm³/mol. The normalized spacial score (nSPS) is 12.2. The highest BCUT2D eigenvalue weighted by Gasteiger charge is 2.10. The summed E-state index contributed by atoms with van der Waals surface area (Å²) < 4.78 is 0. The molecule has 18 heavy (non-hydrogen) atoms. The van der Waals surface area contributed by atoms with Crippen molar-refractivity contribution < 1.29 is 0 Å². The Hall–Kier alpha value is -1.18. The molecule has 0 heterocycles. The molecule has 0 amide bonds. The Kier molecular flexibility index (Phi) is 4.15. The van der Waals surface area contributed by atoms with Crippen LogP contribution in [0.25, 0.3) is 0 Å². The van der Waals surface area contributed by atoms with Crippen LogP contribution in [0.5, 0.6) is 0 Å². The number of rotatable bonds is 3. The van der Waals surface area contributed by atoms with Crippen molar-refractivity contribution in [1.82, 2.24) is 0 Å². The van der Waals surface area contributed by atoms with Gasteiger partial charge in [0.15, 0.2) is 0 Å². The summed E-state index contributed by atoms with van der Waals surface area (Å²) >= 11 is 12.2. The lowest BCUT2D eigenvalue weighted by Crippen LogP contribution is -2.07. The lowest BCUT2D eigenvalue weighted by atomic mass is 10.1. The molecule has 0 aliphatic heterocycles. The first kappa shape index (κ1) is 13.3. The molecule has 2 aromatic rings. The fourth-order valence-corrected chi connectivity index (χ4v) is 2.29. The SMILES string of the molecule is Cc1ccc(NC(C)c2cc(Cl)ccc2Cl)cc1. The molecule has 1 atom stereocenters. The minimum atomic E-state index is 0.110. The van der Waals surface area contributed by atoms with Gasteiger partial charge >= 0.3 is 0 Å². The fraction of sp³-hybridized carbons (Fsp3) is 0.200. The van der Waals surface area contributed by atoms with Gasteiger partial charge in [-0.2, -0.15) is 0 Å². The molecule has 2 aromatic carbocycles. The highest BCUT2D eigenvalue weighted by atomic mass is 35.5. The van der Waals surface area contributed by atoms with Crippen LogP contribution in [0.15, 0.2) is 42.5 Å². The number of hydrogen-bond acceptors (Lipinski definition) is 1. The van der Waals surface area contributed by atoms with E-state index in [1.165, 1.54) is 5.56 Å². The maximum atomic E-state index is 6.18. The zero-order valence-electron chi connectivity index (χ0n) is 10.4. The van der Waals surface area contributed by atoms with Crippen molar-refractivity contribution >= 4 is 28.9 Å². The molecule has 3 heteroatoms. The highest BCUT2D eigenvalue weighted by Crippen LogP contribution is 2.28. The van der Waals surface area contributed by atoms with Crippen molar-refractivity contribution in [2.24, 2.45) is 0 Å². The third-order valence-corrected chi connectivity index (χ3v) is 3.44.